The van der Waals surface area contributed by atoms with Gasteiger partial charge >= 0.3 is 6.09 Å². The fourth-order valence-electron chi connectivity index (χ4n) is 2.89. The van der Waals surface area contributed by atoms with Gasteiger partial charge in [-0.25, -0.2) is 4.79 Å². The minimum absolute atomic E-state index is 0.119. The van der Waals surface area contributed by atoms with Gasteiger partial charge in [0.15, 0.2) is 0 Å². The van der Waals surface area contributed by atoms with Crippen molar-refractivity contribution >= 4 is 18.3 Å². The second kappa shape index (κ2) is 11.6. The molecule has 0 saturated carbocycles. The highest BCUT2D eigenvalue weighted by atomic mass is 16.5. The van der Waals surface area contributed by atoms with Crippen LogP contribution in [0.1, 0.15) is 31.4 Å². The Kier molecular flexibility index (Phi) is 8.89. The highest BCUT2D eigenvalue weighted by Gasteiger charge is 2.25. The Labute approximate surface area is 171 Å². The summed E-state index contributed by atoms with van der Waals surface area (Å²) in [5.74, 6) is -0.229. The summed E-state index contributed by atoms with van der Waals surface area (Å²) in [6.45, 7) is 4.03. The summed E-state index contributed by atoms with van der Waals surface area (Å²) in [4.78, 5) is 36.3. The highest BCUT2D eigenvalue weighted by molar-refractivity contribution is 5.87. The summed E-state index contributed by atoms with van der Waals surface area (Å²) >= 11 is 0. The van der Waals surface area contributed by atoms with Crippen LogP contribution >= 0.6 is 0 Å². The van der Waals surface area contributed by atoms with Crippen molar-refractivity contribution in [3.8, 4) is 0 Å². The maximum Gasteiger partial charge on any atom is 0.408 e. The smallest absolute Gasteiger partial charge is 0.408 e. The minimum atomic E-state index is -0.781. The molecule has 0 aliphatic carbocycles. The van der Waals surface area contributed by atoms with Gasteiger partial charge in [0.2, 0.25) is 5.91 Å². The molecule has 29 heavy (non-hydrogen) atoms. The van der Waals surface area contributed by atoms with E-state index in [4.69, 9.17) is 4.74 Å². The zero-order valence-electron chi connectivity index (χ0n) is 16.8. The first-order valence-electron chi connectivity index (χ1n) is 9.74. The molecule has 2 amide bonds. The van der Waals surface area contributed by atoms with E-state index in [0.717, 1.165) is 11.1 Å². The van der Waals surface area contributed by atoms with Gasteiger partial charge in [-0.05, 0) is 29.9 Å². The number of rotatable bonds is 10. The van der Waals surface area contributed by atoms with E-state index in [0.29, 0.717) is 19.1 Å². The number of alkyl carbamates (subject to hydrolysis) is 1. The molecular weight excluding hydrogens is 368 g/mol. The summed E-state index contributed by atoms with van der Waals surface area (Å²) in [6.07, 6.45) is 0.873. The van der Waals surface area contributed by atoms with Crippen molar-refractivity contribution in [3.05, 3.63) is 71.8 Å². The lowest BCUT2D eigenvalue weighted by Crippen LogP contribution is -2.51. The maximum absolute atomic E-state index is 12.7. The Morgan fingerprint density at radius 3 is 2.07 bits per heavy atom. The molecule has 2 rings (SSSR count). The van der Waals surface area contributed by atoms with Crippen LogP contribution in [0.4, 0.5) is 4.79 Å². The van der Waals surface area contributed by atoms with Crippen LogP contribution in [0, 0.1) is 5.92 Å². The monoisotopic (exact) mass is 396 g/mol. The first-order chi connectivity index (χ1) is 14.0. The van der Waals surface area contributed by atoms with E-state index >= 15 is 0 Å². The number of benzene rings is 2. The maximum atomic E-state index is 12.7. The molecule has 2 aromatic rings. The molecule has 0 aliphatic heterocycles. The van der Waals surface area contributed by atoms with Crippen molar-refractivity contribution in [2.75, 3.05) is 0 Å². The highest BCUT2D eigenvalue weighted by Crippen LogP contribution is 2.08. The van der Waals surface area contributed by atoms with Crippen LogP contribution in [-0.4, -0.2) is 30.4 Å². The number of amides is 2. The number of nitrogens with one attached hydrogen (secondary N) is 2. The molecule has 2 atom stereocenters. The lowest BCUT2D eigenvalue weighted by Gasteiger charge is -2.22. The summed E-state index contributed by atoms with van der Waals surface area (Å²) in [7, 11) is 0. The Bertz CT molecular complexity index is 778. The number of ether oxygens (including phenoxy) is 1. The van der Waals surface area contributed by atoms with Gasteiger partial charge in [0, 0.05) is 0 Å². The van der Waals surface area contributed by atoms with Crippen LogP contribution in [-0.2, 0) is 27.4 Å². The van der Waals surface area contributed by atoms with Crippen molar-refractivity contribution < 1.29 is 19.1 Å². The summed E-state index contributed by atoms with van der Waals surface area (Å²) in [5.41, 5.74) is 1.80. The zero-order chi connectivity index (χ0) is 21.1. The molecule has 0 aromatic heterocycles. The lowest BCUT2D eigenvalue weighted by molar-refractivity contribution is -0.126. The predicted molar refractivity (Wildman–Crippen MR) is 111 cm³/mol. The van der Waals surface area contributed by atoms with Gasteiger partial charge in [-0.15, -0.1) is 0 Å². The molecule has 0 radical (unpaired) electrons. The van der Waals surface area contributed by atoms with Crippen LogP contribution in [0.3, 0.4) is 0 Å². The van der Waals surface area contributed by atoms with Gasteiger partial charge in [-0.1, -0.05) is 74.5 Å². The Morgan fingerprint density at radius 1 is 0.931 bits per heavy atom. The predicted octanol–water partition coefficient (Wildman–Crippen LogP) is 3.25. The molecule has 0 fully saturated rings. The van der Waals surface area contributed by atoms with Gasteiger partial charge in [-0.2, -0.15) is 0 Å². The fraction of sp³-hybridized carbons (Fsp3) is 0.348. The van der Waals surface area contributed by atoms with Crippen molar-refractivity contribution in [2.45, 2.75) is 45.4 Å². The number of hydrogen-bond acceptors (Lipinski definition) is 4. The Hall–Kier alpha value is -3.15. The molecule has 0 heterocycles. The van der Waals surface area contributed by atoms with E-state index in [1.165, 1.54) is 0 Å². The molecule has 6 nitrogen and oxygen atoms in total. The van der Waals surface area contributed by atoms with Crippen LogP contribution in [0.5, 0.6) is 0 Å². The number of carbonyl (C=O) groups is 3. The van der Waals surface area contributed by atoms with E-state index in [2.05, 4.69) is 10.6 Å². The topological polar surface area (TPSA) is 84.5 Å². The zero-order valence-corrected chi connectivity index (χ0v) is 16.8. The number of hydrogen-bond donors (Lipinski definition) is 2. The van der Waals surface area contributed by atoms with Crippen LogP contribution < -0.4 is 10.6 Å². The number of carbonyl (C=O) groups excluding carboxylic acids is 3. The Balaban J connectivity index is 1.93. The third kappa shape index (κ3) is 8.17. The van der Waals surface area contributed by atoms with E-state index in [-0.39, 0.29) is 12.5 Å². The van der Waals surface area contributed by atoms with E-state index < -0.39 is 24.1 Å². The Morgan fingerprint density at radius 2 is 1.52 bits per heavy atom. The largest absolute Gasteiger partial charge is 0.445 e. The third-order valence-electron chi connectivity index (χ3n) is 4.32. The molecule has 0 saturated heterocycles. The summed E-state index contributed by atoms with van der Waals surface area (Å²) < 4.78 is 5.22. The SMILES string of the molecule is CC(C)C[C@H](NC(=O)OCc1ccccc1)C(=O)N[C@@H](C=O)Cc1ccccc1. The van der Waals surface area contributed by atoms with E-state index in [1.54, 1.807) is 0 Å². The number of aldehydes is 1. The molecule has 2 aromatic carbocycles. The molecule has 0 bridgehead atoms. The second-order valence-corrected chi connectivity index (χ2v) is 7.33. The van der Waals surface area contributed by atoms with Crippen LogP contribution in [0.2, 0.25) is 0 Å². The molecule has 2 N–H and O–H groups in total. The first kappa shape index (κ1) is 22.1. The van der Waals surface area contributed by atoms with Gasteiger partial charge < -0.3 is 20.2 Å². The van der Waals surface area contributed by atoms with Gasteiger partial charge in [0.1, 0.15) is 18.9 Å². The van der Waals surface area contributed by atoms with Crippen LogP contribution in [0.15, 0.2) is 60.7 Å². The van der Waals surface area contributed by atoms with Gasteiger partial charge in [-0.3, -0.25) is 4.79 Å². The summed E-state index contributed by atoms with van der Waals surface area (Å²) in [6, 6.07) is 17.3. The van der Waals surface area contributed by atoms with Crippen LogP contribution in [0.25, 0.3) is 0 Å². The van der Waals surface area contributed by atoms with Crippen molar-refractivity contribution in [1.29, 1.82) is 0 Å². The van der Waals surface area contributed by atoms with Crippen molar-refractivity contribution in [3.63, 3.8) is 0 Å². The molecule has 154 valence electrons. The summed E-state index contributed by atoms with van der Waals surface area (Å²) in [5, 5.41) is 5.35. The average Bonchev–Trinajstić information content (AvgIpc) is 2.72. The normalized spacial score (nSPS) is 12.7. The van der Waals surface area contributed by atoms with E-state index in [1.807, 2.05) is 74.5 Å². The minimum Gasteiger partial charge on any atom is -0.445 e. The molecule has 0 aliphatic rings. The fourth-order valence-corrected chi connectivity index (χ4v) is 2.89. The quantitative estimate of drug-likeness (QED) is 0.604. The van der Waals surface area contributed by atoms with Gasteiger partial charge in [0.05, 0.1) is 6.04 Å². The average molecular weight is 396 g/mol. The molecule has 6 heteroatoms. The third-order valence-corrected chi connectivity index (χ3v) is 4.32. The first-order valence-corrected chi connectivity index (χ1v) is 9.74. The second-order valence-electron chi connectivity index (χ2n) is 7.33. The van der Waals surface area contributed by atoms with E-state index in [9.17, 15) is 14.4 Å². The standard InChI is InChI=1S/C23H28N2O4/c1-17(2)13-21(25-23(28)29-16-19-11-7-4-8-12-19)22(27)24-20(15-26)14-18-9-5-3-6-10-18/h3-12,15,17,20-21H,13-14,16H2,1-2H3,(H,24,27)(H,25,28)/t20-,21+/m1/s1. The lowest BCUT2D eigenvalue weighted by atomic mass is 10.0. The van der Waals surface area contributed by atoms with Gasteiger partial charge in [0.25, 0.3) is 0 Å². The molecule has 0 spiro atoms. The van der Waals surface area contributed by atoms with Crippen molar-refractivity contribution in [2.24, 2.45) is 5.92 Å². The molecular formula is C23H28N2O4. The molecule has 0 unspecified atom stereocenters. The van der Waals surface area contributed by atoms with Crippen molar-refractivity contribution in [1.82, 2.24) is 10.6 Å².